The van der Waals surface area contributed by atoms with Gasteiger partial charge in [-0.3, -0.25) is 0 Å². The number of halogens is 2. The van der Waals surface area contributed by atoms with E-state index in [4.69, 9.17) is 28.5 Å². The summed E-state index contributed by atoms with van der Waals surface area (Å²) in [4.78, 5) is 11.6. The summed E-state index contributed by atoms with van der Waals surface area (Å²) < 4.78 is 0. The minimum Gasteiger partial charge on any atom is -0.336 e. The molecule has 0 saturated carbocycles. The predicted octanol–water partition coefficient (Wildman–Crippen LogP) is 3.66. The van der Waals surface area contributed by atoms with Gasteiger partial charge in [-0.05, 0) is 32.0 Å². The Bertz CT molecular complexity index is 495. The maximum absolute atomic E-state index is 11.6. The molecule has 0 saturated heterocycles. The van der Waals surface area contributed by atoms with Crippen LogP contribution in [0.4, 0.5) is 10.5 Å². The SMILES string of the molecule is CC(C)(C#N)CNC(=O)Nc1ccc(Cl)c(Cl)c1. The molecule has 96 valence electrons. The van der Waals surface area contributed by atoms with Crippen molar-refractivity contribution in [2.45, 2.75) is 13.8 Å². The number of rotatable bonds is 3. The molecular formula is C12H13Cl2N3O. The molecule has 0 fully saturated rings. The number of benzene rings is 1. The molecule has 1 aromatic rings. The van der Waals surface area contributed by atoms with E-state index in [0.29, 0.717) is 15.7 Å². The molecule has 0 unspecified atom stereocenters. The largest absolute Gasteiger partial charge is 0.336 e. The highest BCUT2D eigenvalue weighted by Crippen LogP contribution is 2.24. The summed E-state index contributed by atoms with van der Waals surface area (Å²) in [5.74, 6) is 0. The molecule has 2 N–H and O–H groups in total. The Morgan fingerprint density at radius 1 is 1.39 bits per heavy atom. The average molecular weight is 286 g/mol. The third kappa shape index (κ3) is 4.44. The van der Waals surface area contributed by atoms with Gasteiger partial charge in [0.15, 0.2) is 0 Å². The molecule has 1 aromatic carbocycles. The lowest BCUT2D eigenvalue weighted by Gasteiger charge is -2.16. The van der Waals surface area contributed by atoms with Crippen LogP contribution < -0.4 is 10.6 Å². The van der Waals surface area contributed by atoms with Gasteiger partial charge < -0.3 is 10.6 Å². The molecule has 0 bridgehead atoms. The number of hydrogen-bond donors (Lipinski definition) is 2. The van der Waals surface area contributed by atoms with Gasteiger partial charge >= 0.3 is 6.03 Å². The van der Waals surface area contributed by atoms with Gasteiger partial charge in [-0.15, -0.1) is 0 Å². The second-order valence-corrected chi connectivity index (χ2v) is 5.25. The minimum atomic E-state index is -0.602. The first-order valence-electron chi connectivity index (χ1n) is 5.25. The van der Waals surface area contributed by atoms with E-state index in [1.165, 1.54) is 0 Å². The average Bonchev–Trinajstić information content (AvgIpc) is 2.32. The molecule has 0 aromatic heterocycles. The summed E-state index contributed by atoms with van der Waals surface area (Å²) in [6.07, 6.45) is 0. The van der Waals surface area contributed by atoms with Crippen LogP contribution >= 0.6 is 23.2 Å². The van der Waals surface area contributed by atoms with E-state index >= 15 is 0 Å². The number of nitrogens with zero attached hydrogens (tertiary/aromatic N) is 1. The Hall–Kier alpha value is -1.44. The molecule has 4 nitrogen and oxygen atoms in total. The fraction of sp³-hybridized carbons (Fsp3) is 0.333. The third-order valence-corrected chi connectivity index (χ3v) is 2.91. The quantitative estimate of drug-likeness (QED) is 0.890. The molecular weight excluding hydrogens is 273 g/mol. The number of anilines is 1. The summed E-state index contributed by atoms with van der Waals surface area (Å²) >= 11 is 11.6. The summed E-state index contributed by atoms with van der Waals surface area (Å²) in [5, 5.41) is 14.8. The van der Waals surface area contributed by atoms with Crippen molar-refractivity contribution in [2.24, 2.45) is 5.41 Å². The Labute approximate surface area is 116 Å². The van der Waals surface area contributed by atoms with Crippen LogP contribution in [-0.2, 0) is 0 Å². The second-order valence-electron chi connectivity index (χ2n) is 4.43. The molecule has 18 heavy (non-hydrogen) atoms. The lowest BCUT2D eigenvalue weighted by atomic mass is 9.96. The lowest BCUT2D eigenvalue weighted by molar-refractivity contribution is 0.249. The second kappa shape index (κ2) is 5.94. The lowest BCUT2D eigenvalue weighted by Crippen LogP contribution is -2.36. The van der Waals surface area contributed by atoms with Gasteiger partial charge in [-0.25, -0.2) is 4.79 Å². The summed E-state index contributed by atoms with van der Waals surface area (Å²) in [5.41, 5.74) is -0.0636. The van der Waals surface area contributed by atoms with Crippen molar-refractivity contribution < 1.29 is 4.79 Å². The Kier molecular flexibility index (Phi) is 4.83. The summed E-state index contributed by atoms with van der Waals surface area (Å²) in [6.45, 7) is 3.75. The fourth-order valence-corrected chi connectivity index (χ4v) is 1.39. The van der Waals surface area contributed by atoms with Gasteiger partial charge in [0.05, 0.1) is 21.5 Å². The van der Waals surface area contributed by atoms with Crippen LogP contribution in [0.3, 0.4) is 0 Å². The number of nitriles is 1. The first-order chi connectivity index (χ1) is 8.34. The number of amides is 2. The zero-order valence-corrected chi connectivity index (χ0v) is 11.6. The van der Waals surface area contributed by atoms with E-state index < -0.39 is 11.4 Å². The normalized spacial score (nSPS) is 10.6. The zero-order chi connectivity index (χ0) is 13.8. The van der Waals surface area contributed by atoms with Gasteiger partial charge in [0.25, 0.3) is 0 Å². The van der Waals surface area contributed by atoms with Gasteiger partial charge in [0, 0.05) is 12.2 Å². The van der Waals surface area contributed by atoms with E-state index in [1.54, 1.807) is 32.0 Å². The van der Waals surface area contributed by atoms with Gasteiger partial charge in [0.2, 0.25) is 0 Å². The van der Waals surface area contributed by atoms with Gasteiger partial charge in [-0.2, -0.15) is 5.26 Å². The minimum absolute atomic E-state index is 0.261. The van der Waals surface area contributed by atoms with E-state index in [9.17, 15) is 4.79 Å². The third-order valence-electron chi connectivity index (χ3n) is 2.17. The van der Waals surface area contributed by atoms with E-state index in [-0.39, 0.29) is 6.54 Å². The van der Waals surface area contributed by atoms with Crippen molar-refractivity contribution in [3.63, 3.8) is 0 Å². The molecule has 0 atom stereocenters. The van der Waals surface area contributed by atoms with E-state index in [1.807, 2.05) is 0 Å². The number of nitrogens with one attached hydrogen (secondary N) is 2. The highest BCUT2D eigenvalue weighted by Gasteiger charge is 2.17. The van der Waals surface area contributed by atoms with Crippen LogP contribution in [0.15, 0.2) is 18.2 Å². The Morgan fingerprint density at radius 3 is 2.61 bits per heavy atom. The van der Waals surface area contributed by atoms with Crippen molar-refractivity contribution in [1.82, 2.24) is 5.32 Å². The maximum atomic E-state index is 11.6. The van der Waals surface area contributed by atoms with Crippen LogP contribution in [0.2, 0.25) is 10.0 Å². The van der Waals surface area contributed by atoms with Crippen molar-refractivity contribution in [1.29, 1.82) is 5.26 Å². The van der Waals surface area contributed by atoms with Crippen LogP contribution in [0.25, 0.3) is 0 Å². The number of carbonyl (C=O) groups is 1. The number of carbonyl (C=O) groups excluding carboxylic acids is 1. The zero-order valence-electron chi connectivity index (χ0n) is 10.1. The van der Waals surface area contributed by atoms with Crippen LogP contribution in [0.1, 0.15) is 13.8 Å². The number of hydrogen-bond acceptors (Lipinski definition) is 2. The Balaban J connectivity index is 2.55. The Morgan fingerprint density at radius 2 is 2.06 bits per heavy atom. The van der Waals surface area contributed by atoms with Gasteiger partial charge in [0.1, 0.15) is 0 Å². The topological polar surface area (TPSA) is 64.9 Å². The van der Waals surface area contributed by atoms with Crippen LogP contribution in [-0.4, -0.2) is 12.6 Å². The highest BCUT2D eigenvalue weighted by molar-refractivity contribution is 6.42. The first-order valence-corrected chi connectivity index (χ1v) is 6.01. The molecule has 0 spiro atoms. The van der Waals surface area contributed by atoms with Crippen LogP contribution in [0, 0.1) is 16.7 Å². The smallest absolute Gasteiger partial charge is 0.319 e. The molecule has 0 aliphatic heterocycles. The summed E-state index contributed by atoms with van der Waals surface area (Å²) in [6, 6.07) is 6.50. The molecule has 6 heteroatoms. The maximum Gasteiger partial charge on any atom is 0.319 e. The van der Waals surface area contributed by atoms with E-state index in [0.717, 1.165) is 0 Å². The van der Waals surface area contributed by atoms with Crippen LogP contribution in [0.5, 0.6) is 0 Å². The molecule has 0 heterocycles. The van der Waals surface area contributed by atoms with Crippen molar-refractivity contribution in [3.05, 3.63) is 28.2 Å². The highest BCUT2D eigenvalue weighted by atomic mass is 35.5. The molecule has 1 rings (SSSR count). The predicted molar refractivity (Wildman–Crippen MR) is 72.9 cm³/mol. The number of urea groups is 1. The van der Waals surface area contributed by atoms with E-state index in [2.05, 4.69) is 16.7 Å². The van der Waals surface area contributed by atoms with Crippen molar-refractivity contribution in [2.75, 3.05) is 11.9 Å². The standard InChI is InChI=1S/C12H13Cl2N3O/c1-12(2,6-15)7-16-11(18)17-8-3-4-9(13)10(14)5-8/h3-5H,7H2,1-2H3,(H2,16,17,18). The first kappa shape index (κ1) is 14.6. The monoisotopic (exact) mass is 285 g/mol. The summed E-state index contributed by atoms with van der Waals surface area (Å²) in [7, 11) is 0. The fourth-order valence-electron chi connectivity index (χ4n) is 1.09. The van der Waals surface area contributed by atoms with Crippen molar-refractivity contribution >= 4 is 34.9 Å². The van der Waals surface area contributed by atoms with Gasteiger partial charge in [-0.1, -0.05) is 23.2 Å². The molecule has 0 aliphatic rings. The molecule has 0 aliphatic carbocycles. The van der Waals surface area contributed by atoms with Crippen molar-refractivity contribution in [3.8, 4) is 6.07 Å². The molecule has 0 radical (unpaired) electrons. The molecule has 2 amide bonds.